The number of hydrogen-bond acceptors (Lipinski definition) is 5. The van der Waals surface area contributed by atoms with Gasteiger partial charge in [0.1, 0.15) is 5.25 Å². The van der Waals surface area contributed by atoms with Crippen LogP contribution in [0.4, 0.5) is 11.4 Å². The Balaban J connectivity index is 1.97. The second kappa shape index (κ2) is 7.98. The number of fused-ring (bicyclic) bond motifs is 1. The first-order chi connectivity index (χ1) is 12.2. The van der Waals surface area contributed by atoms with Gasteiger partial charge in [-0.3, -0.25) is 9.59 Å². The maximum atomic E-state index is 12.8. The monoisotopic (exact) mass is 354 g/mol. The standard InChI is InChI=1S/C19H18N2O3S/c1-2-24-16(22)12-25-18-17(13-8-4-3-5-9-13)20-14-10-6-7-11-15(14)21-19(18)23/h3-11,18H,2,12H2,1H3,(H,21,23)/t18-/m0/s1. The highest BCUT2D eigenvalue weighted by Gasteiger charge is 2.30. The summed E-state index contributed by atoms with van der Waals surface area (Å²) in [5, 5.41) is 2.30. The van der Waals surface area contributed by atoms with Gasteiger partial charge < -0.3 is 10.1 Å². The first kappa shape index (κ1) is 17.2. The van der Waals surface area contributed by atoms with Crippen LogP contribution >= 0.6 is 11.8 Å². The molecule has 0 fully saturated rings. The molecule has 1 atom stereocenters. The van der Waals surface area contributed by atoms with E-state index in [0.29, 0.717) is 23.7 Å². The molecule has 1 aliphatic rings. The number of para-hydroxylation sites is 2. The van der Waals surface area contributed by atoms with Gasteiger partial charge in [-0.15, -0.1) is 11.8 Å². The Hall–Kier alpha value is -2.60. The summed E-state index contributed by atoms with van der Waals surface area (Å²) in [6, 6.07) is 16.9. The molecule has 0 saturated heterocycles. The van der Waals surface area contributed by atoms with Crippen molar-refractivity contribution >= 4 is 40.7 Å². The lowest BCUT2D eigenvalue weighted by Crippen LogP contribution is -2.33. The fourth-order valence-corrected chi connectivity index (χ4v) is 3.46. The molecule has 5 nitrogen and oxygen atoms in total. The number of nitrogens with zero attached hydrogens (tertiary/aromatic N) is 1. The summed E-state index contributed by atoms with van der Waals surface area (Å²) < 4.78 is 4.97. The molecule has 1 amide bonds. The van der Waals surface area contributed by atoms with Crippen LogP contribution in [-0.4, -0.2) is 35.2 Å². The van der Waals surface area contributed by atoms with Gasteiger partial charge in [-0.2, -0.15) is 0 Å². The van der Waals surface area contributed by atoms with Crippen LogP contribution < -0.4 is 5.32 Å². The third-order valence-corrected chi connectivity index (χ3v) is 4.81. The van der Waals surface area contributed by atoms with Gasteiger partial charge in [0, 0.05) is 0 Å². The third kappa shape index (κ3) is 4.09. The quantitative estimate of drug-likeness (QED) is 0.836. The number of carbonyl (C=O) groups excluding carboxylic acids is 2. The molecule has 0 radical (unpaired) electrons. The normalized spacial score (nSPS) is 16.3. The van der Waals surface area contributed by atoms with Gasteiger partial charge in [0.25, 0.3) is 0 Å². The molecule has 0 saturated carbocycles. The van der Waals surface area contributed by atoms with Crippen molar-refractivity contribution in [2.24, 2.45) is 4.99 Å². The van der Waals surface area contributed by atoms with Gasteiger partial charge >= 0.3 is 5.97 Å². The van der Waals surface area contributed by atoms with Crippen molar-refractivity contribution in [3.8, 4) is 0 Å². The SMILES string of the molecule is CCOC(=O)CS[C@@H]1C(=O)Nc2ccccc2N=C1c1ccccc1. The molecule has 128 valence electrons. The molecule has 1 heterocycles. The average molecular weight is 354 g/mol. The smallest absolute Gasteiger partial charge is 0.315 e. The van der Waals surface area contributed by atoms with Crippen LogP contribution in [0, 0.1) is 0 Å². The molecule has 6 heteroatoms. The second-order valence-corrected chi connectivity index (χ2v) is 6.46. The molecule has 1 N–H and O–H groups in total. The van der Waals surface area contributed by atoms with Crippen LogP contribution in [0.25, 0.3) is 0 Å². The minimum atomic E-state index is -0.598. The zero-order valence-corrected chi connectivity index (χ0v) is 14.6. The van der Waals surface area contributed by atoms with Crippen LogP contribution in [-0.2, 0) is 14.3 Å². The highest BCUT2D eigenvalue weighted by molar-refractivity contribution is 8.02. The highest BCUT2D eigenvalue weighted by atomic mass is 32.2. The molecule has 0 spiro atoms. The van der Waals surface area contributed by atoms with Crippen LogP contribution in [0.1, 0.15) is 12.5 Å². The fraction of sp³-hybridized carbons (Fsp3) is 0.211. The summed E-state index contributed by atoms with van der Waals surface area (Å²) in [5.74, 6) is -0.440. The lowest BCUT2D eigenvalue weighted by molar-refractivity contribution is -0.139. The lowest BCUT2D eigenvalue weighted by Gasteiger charge is -2.16. The third-order valence-electron chi connectivity index (χ3n) is 3.63. The number of aliphatic imine (C=N–C) groups is 1. The molecule has 2 aromatic carbocycles. The first-order valence-electron chi connectivity index (χ1n) is 8.00. The van der Waals surface area contributed by atoms with E-state index in [4.69, 9.17) is 9.73 Å². The van der Waals surface area contributed by atoms with E-state index < -0.39 is 5.25 Å². The molecule has 0 bridgehead atoms. The maximum absolute atomic E-state index is 12.8. The Bertz CT molecular complexity index is 805. The number of rotatable bonds is 5. The molecule has 0 aromatic heterocycles. The van der Waals surface area contributed by atoms with Gasteiger partial charge in [0.05, 0.1) is 29.4 Å². The molecule has 25 heavy (non-hydrogen) atoms. The van der Waals surface area contributed by atoms with Crippen molar-refractivity contribution < 1.29 is 14.3 Å². The molecule has 1 aliphatic heterocycles. The number of esters is 1. The summed E-state index contributed by atoms with van der Waals surface area (Å²) in [4.78, 5) is 29.2. The minimum Gasteiger partial charge on any atom is -0.465 e. The number of anilines is 1. The largest absolute Gasteiger partial charge is 0.465 e. The summed E-state index contributed by atoms with van der Waals surface area (Å²) in [5.41, 5.74) is 2.86. The van der Waals surface area contributed by atoms with Crippen molar-refractivity contribution in [2.45, 2.75) is 12.2 Å². The Morgan fingerprint density at radius 1 is 1.16 bits per heavy atom. The fourth-order valence-electron chi connectivity index (χ4n) is 2.52. The number of ether oxygens (including phenoxy) is 1. The van der Waals surface area contributed by atoms with Gasteiger partial charge in [-0.25, -0.2) is 4.99 Å². The zero-order valence-electron chi connectivity index (χ0n) is 13.8. The molecule has 3 rings (SSSR count). The number of nitrogens with one attached hydrogen (secondary N) is 1. The van der Waals surface area contributed by atoms with E-state index in [1.54, 1.807) is 6.92 Å². The topological polar surface area (TPSA) is 67.8 Å². The molecule has 0 aliphatic carbocycles. The Morgan fingerprint density at radius 2 is 1.88 bits per heavy atom. The second-order valence-electron chi connectivity index (χ2n) is 5.37. The highest BCUT2D eigenvalue weighted by Crippen LogP contribution is 2.32. The van der Waals surface area contributed by atoms with Crippen molar-refractivity contribution in [2.75, 3.05) is 17.7 Å². The van der Waals surface area contributed by atoms with Crippen molar-refractivity contribution in [1.29, 1.82) is 0 Å². The average Bonchev–Trinajstić information content (AvgIpc) is 2.77. The summed E-state index contributed by atoms with van der Waals surface area (Å²) in [7, 11) is 0. The van der Waals surface area contributed by atoms with Crippen LogP contribution in [0.5, 0.6) is 0 Å². The minimum absolute atomic E-state index is 0.0914. The molecule has 2 aromatic rings. The number of carbonyl (C=O) groups is 2. The zero-order chi connectivity index (χ0) is 17.6. The number of hydrogen-bond donors (Lipinski definition) is 1. The molecule has 0 unspecified atom stereocenters. The molecular weight excluding hydrogens is 336 g/mol. The lowest BCUT2D eigenvalue weighted by atomic mass is 10.1. The van der Waals surface area contributed by atoms with Gasteiger partial charge in [-0.1, -0.05) is 42.5 Å². The van der Waals surface area contributed by atoms with Gasteiger partial charge in [-0.05, 0) is 24.6 Å². The summed E-state index contributed by atoms with van der Waals surface area (Å²) in [6.45, 7) is 2.08. The van der Waals surface area contributed by atoms with Crippen molar-refractivity contribution in [3.63, 3.8) is 0 Å². The maximum Gasteiger partial charge on any atom is 0.315 e. The van der Waals surface area contributed by atoms with E-state index in [-0.39, 0.29) is 17.6 Å². The first-order valence-corrected chi connectivity index (χ1v) is 9.05. The van der Waals surface area contributed by atoms with E-state index in [2.05, 4.69) is 5.32 Å². The van der Waals surface area contributed by atoms with E-state index >= 15 is 0 Å². The van der Waals surface area contributed by atoms with Gasteiger partial charge in [0.2, 0.25) is 5.91 Å². The van der Waals surface area contributed by atoms with Crippen LogP contribution in [0.15, 0.2) is 59.6 Å². The summed E-state index contributed by atoms with van der Waals surface area (Å²) in [6.07, 6.45) is 0. The van der Waals surface area contributed by atoms with Crippen LogP contribution in [0.3, 0.4) is 0 Å². The van der Waals surface area contributed by atoms with E-state index in [9.17, 15) is 9.59 Å². The van der Waals surface area contributed by atoms with E-state index in [0.717, 1.165) is 5.56 Å². The van der Waals surface area contributed by atoms with Crippen molar-refractivity contribution in [3.05, 3.63) is 60.2 Å². The predicted molar refractivity (Wildman–Crippen MR) is 101 cm³/mol. The van der Waals surface area contributed by atoms with E-state index in [1.165, 1.54) is 11.8 Å². The number of thioether (sulfide) groups is 1. The summed E-state index contributed by atoms with van der Waals surface area (Å²) >= 11 is 1.22. The van der Waals surface area contributed by atoms with E-state index in [1.807, 2.05) is 54.6 Å². The number of benzene rings is 2. The number of amides is 1. The Labute approximate surface area is 150 Å². The Morgan fingerprint density at radius 3 is 2.64 bits per heavy atom. The van der Waals surface area contributed by atoms with Gasteiger partial charge in [0.15, 0.2) is 0 Å². The predicted octanol–water partition coefficient (Wildman–Crippen LogP) is 3.42. The van der Waals surface area contributed by atoms with Crippen LogP contribution in [0.2, 0.25) is 0 Å². The van der Waals surface area contributed by atoms with Crippen molar-refractivity contribution in [1.82, 2.24) is 0 Å². The Kier molecular flexibility index (Phi) is 5.50. The molecular formula is C19H18N2O3S.